The van der Waals surface area contributed by atoms with Gasteiger partial charge in [0.25, 0.3) is 0 Å². The first-order chi connectivity index (χ1) is 11.2. The Morgan fingerprint density at radius 2 is 1.65 bits per heavy atom. The summed E-state index contributed by atoms with van der Waals surface area (Å²) >= 11 is 1.69. The fourth-order valence-corrected chi connectivity index (χ4v) is 3.54. The summed E-state index contributed by atoms with van der Waals surface area (Å²) < 4.78 is 1.86. The first-order valence-corrected chi connectivity index (χ1v) is 8.44. The lowest BCUT2D eigenvalue weighted by molar-refractivity contribution is 0.754. The van der Waals surface area contributed by atoms with Crippen molar-refractivity contribution in [3.63, 3.8) is 0 Å². The Kier molecular flexibility index (Phi) is 3.50. The summed E-state index contributed by atoms with van der Waals surface area (Å²) in [5, 5.41) is 14.6. The monoisotopic (exact) mass is 320 g/mol. The zero-order chi connectivity index (χ0) is 15.8. The van der Waals surface area contributed by atoms with E-state index in [0.717, 1.165) is 27.8 Å². The second-order valence-electron chi connectivity index (χ2n) is 5.60. The van der Waals surface area contributed by atoms with Crippen LogP contribution in [0.1, 0.15) is 18.1 Å². The van der Waals surface area contributed by atoms with E-state index in [1.54, 1.807) is 11.8 Å². The van der Waals surface area contributed by atoms with Crippen LogP contribution in [-0.2, 0) is 0 Å². The van der Waals surface area contributed by atoms with Crippen LogP contribution in [0.5, 0.6) is 0 Å². The number of thioether (sulfide) groups is 1. The molecule has 3 aromatic rings. The number of fused-ring (bicyclic) bond motifs is 1. The average Bonchev–Trinajstić information content (AvgIpc) is 2.98. The second-order valence-corrected chi connectivity index (χ2v) is 6.90. The zero-order valence-electron chi connectivity index (χ0n) is 13.0. The molecular weight excluding hydrogens is 304 g/mol. The smallest absolute Gasteiger partial charge is 0.187 e. The first-order valence-electron chi connectivity index (χ1n) is 7.56. The molecule has 1 aliphatic rings. The van der Waals surface area contributed by atoms with Gasteiger partial charge in [-0.05, 0) is 19.4 Å². The van der Waals surface area contributed by atoms with Crippen LogP contribution in [0.4, 0.5) is 0 Å². The summed E-state index contributed by atoms with van der Waals surface area (Å²) in [4.78, 5) is 0. The maximum atomic E-state index is 4.84. The van der Waals surface area contributed by atoms with Gasteiger partial charge in [0.15, 0.2) is 5.82 Å². The summed E-state index contributed by atoms with van der Waals surface area (Å²) in [7, 11) is 0. The first kappa shape index (κ1) is 14.2. The Bertz CT molecular complexity index is 866. The second kappa shape index (κ2) is 5.66. The lowest BCUT2D eigenvalue weighted by atomic mass is 10.1. The highest BCUT2D eigenvalue weighted by Gasteiger charge is 2.25. The molecule has 0 spiro atoms. The number of aromatic nitrogens is 3. The standard InChI is InChI=1S/C18H16N4S/c1-12-8-10-15(11-9-12)17-19-20-18-22(17)21-16(13(2)23-18)14-6-4-3-5-7-14/h3-11,13H,1-2H3/t13-/m1/s1. The molecule has 2 aromatic carbocycles. The maximum absolute atomic E-state index is 4.84. The number of hydrogen-bond donors (Lipinski definition) is 0. The highest BCUT2D eigenvalue weighted by atomic mass is 32.2. The molecule has 0 bridgehead atoms. The number of hydrogen-bond acceptors (Lipinski definition) is 4. The Hall–Kier alpha value is -2.40. The van der Waals surface area contributed by atoms with Gasteiger partial charge in [0.1, 0.15) is 0 Å². The molecule has 4 nitrogen and oxygen atoms in total. The molecule has 1 aromatic heterocycles. The van der Waals surface area contributed by atoms with Gasteiger partial charge >= 0.3 is 0 Å². The van der Waals surface area contributed by atoms with Crippen LogP contribution in [0.3, 0.4) is 0 Å². The fourth-order valence-electron chi connectivity index (χ4n) is 2.62. The van der Waals surface area contributed by atoms with E-state index in [2.05, 4.69) is 60.4 Å². The maximum Gasteiger partial charge on any atom is 0.213 e. The molecule has 0 amide bonds. The molecule has 0 aliphatic carbocycles. The molecule has 0 saturated heterocycles. The number of benzene rings is 2. The van der Waals surface area contributed by atoms with E-state index in [9.17, 15) is 0 Å². The van der Waals surface area contributed by atoms with E-state index in [4.69, 9.17) is 5.10 Å². The van der Waals surface area contributed by atoms with Crippen LogP contribution >= 0.6 is 11.8 Å². The molecule has 0 N–H and O–H groups in total. The van der Waals surface area contributed by atoms with Crippen molar-refractivity contribution in [3.05, 3.63) is 65.7 Å². The van der Waals surface area contributed by atoms with E-state index >= 15 is 0 Å². The van der Waals surface area contributed by atoms with Crippen molar-refractivity contribution >= 4 is 17.5 Å². The van der Waals surface area contributed by atoms with Gasteiger partial charge in [-0.25, -0.2) is 0 Å². The highest BCUT2D eigenvalue weighted by molar-refractivity contribution is 8.00. The molecule has 114 valence electrons. The molecular formula is C18H16N4S. The normalized spacial score (nSPS) is 16.8. The summed E-state index contributed by atoms with van der Waals surface area (Å²) in [5.74, 6) is 0.785. The number of rotatable bonds is 2. The van der Waals surface area contributed by atoms with Gasteiger partial charge in [0.2, 0.25) is 5.16 Å². The predicted molar refractivity (Wildman–Crippen MR) is 93.9 cm³/mol. The Morgan fingerprint density at radius 1 is 0.913 bits per heavy atom. The summed E-state index contributed by atoms with van der Waals surface area (Å²) in [6, 6.07) is 18.6. The van der Waals surface area contributed by atoms with E-state index in [1.807, 2.05) is 22.9 Å². The van der Waals surface area contributed by atoms with E-state index in [-0.39, 0.29) is 5.25 Å². The largest absolute Gasteiger partial charge is 0.213 e. The van der Waals surface area contributed by atoms with Crippen LogP contribution in [0.15, 0.2) is 64.9 Å². The molecule has 5 heteroatoms. The third-order valence-electron chi connectivity index (χ3n) is 3.87. The van der Waals surface area contributed by atoms with Crippen molar-refractivity contribution < 1.29 is 0 Å². The minimum Gasteiger partial charge on any atom is -0.187 e. The van der Waals surface area contributed by atoms with Crippen LogP contribution < -0.4 is 0 Å². The van der Waals surface area contributed by atoms with Crippen molar-refractivity contribution in [1.29, 1.82) is 0 Å². The predicted octanol–water partition coefficient (Wildman–Crippen LogP) is 4.00. The van der Waals surface area contributed by atoms with E-state index in [1.165, 1.54) is 5.56 Å². The van der Waals surface area contributed by atoms with Gasteiger partial charge in [0, 0.05) is 5.56 Å². The van der Waals surface area contributed by atoms with Crippen LogP contribution in [0.25, 0.3) is 11.4 Å². The minimum atomic E-state index is 0.250. The summed E-state index contributed by atoms with van der Waals surface area (Å²) in [6.07, 6.45) is 0. The fraction of sp³-hybridized carbons (Fsp3) is 0.167. The quantitative estimate of drug-likeness (QED) is 0.717. The van der Waals surface area contributed by atoms with Gasteiger partial charge in [-0.15, -0.1) is 10.2 Å². The summed E-state index contributed by atoms with van der Waals surface area (Å²) in [5.41, 5.74) is 4.45. The van der Waals surface area contributed by atoms with Crippen LogP contribution in [0, 0.1) is 6.92 Å². The number of nitrogens with zero attached hydrogens (tertiary/aromatic N) is 4. The van der Waals surface area contributed by atoms with Crippen molar-refractivity contribution in [1.82, 2.24) is 14.9 Å². The average molecular weight is 320 g/mol. The van der Waals surface area contributed by atoms with E-state index < -0.39 is 0 Å². The van der Waals surface area contributed by atoms with Gasteiger partial charge < -0.3 is 0 Å². The van der Waals surface area contributed by atoms with Crippen molar-refractivity contribution in [2.75, 3.05) is 0 Å². The molecule has 0 radical (unpaired) electrons. The van der Waals surface area contributed by atoms with E-state index in [0.29, 0.717) is 0 Å². The minimum absolute atomic E-state index is 0.250. The topological polar surface area (TPSA) is 43.1 Å². The molecule has 0 fully saturated rings. The molecule has 1 aliphatic heterocycles. The third-order valence-corrected chi connectivity index (χ3v) is 4.91. The van der Waals surface area contributed by atoms with Gasteiger partial charge in [0.05, 0.1) is 11.0 Å². The zero-order valence-corrected chi connectivity index (χ0v) is 13.8. The van der Waals surface area contributed by atoms with Gasteiger partial charge in [-0.3, -0.25) is 0 Å². The highest BCUT2D eigenvalue weighted by Crippen LogP contribution is 2.32. The lowest BCUT2D eigenvalue weighted by Gasteiger charge is -2.19. The molecule has 0 saturated carbocycles. The Balaban J connectivity index is 1.83. The lowest BCUT2D eigenvalue weighted by Crippen LogP contribution is -2.21. The van der Waals surface area contributed by atoms with Crippen molar-refractivity contribution in [3.8, 4) is 11.4 Å². The van der Waals surface area contributed by atoms with Crippen LogP contribution in [0.2, 0.25) is 0 Å². The van der Waals surface area contributed by atoms with Crippen molar-refractivity contribution in [2.45, 2.75) is 24.3 Å². The van der Waals surface area contributed by atoms with Crippen molar-refractivity contribution in [2.24, 2.45) is 5.10 Å². The molecule has 1 atom stereocenters. The third kappa shape index (κ3) is 2.57. The molecule has 4 rings (SSSR count). The molecule has 0 unspecified atom stereocenters. The summed E-state index contributed by atoms with van der Waals surface area (Å²) in [6.45, 7) is 4.23. The van der Waals surface area contributed by atoms with Crippen LogP contribution in [-0.4, -0.2) is 25.8 Å². The van der Waals surface area contributed by atoms with Gasteiger partial charge in [-0.2, -0.15) is 9.78 Å². The van der Waals surface area contributed by atoms with Gasteiger partial charge in [-0.1, -0.05) is 71.9 Å². The SMILES string of the molecule is Cc1ccc(-c2nnc3n2N=C(c2ccccc2)[C@@H](C)S3)cc1. The molecule has 23 heavy (non-hydrogen) atoms. The Labute approximate surface area is 139 Å². The number of aryl methyl sites for hydroxylation is 1. The Morgan fingerprint density at radius 3 is 2.39 bits per heavy atom. The molecule has 2 heterocycles.